The van der Waals surface area contributed by atoms with Gasteiger partial charge >= 0.3 is 0 Å². The minimum absolute atomic E-state index is 0.0114. The van der Waals surface area contributed by atoms with Crippen molar-refractivity contribution in [3.63, 3.8) is 0 Å². The molecule has 1 aliphatic heterocycles. The predicted molar refractivity (Wildman–Crippen MR) is 95.4 cm³/mol. The molecule has 0 fully saturated rings. The predicted octanol–water partition coefficient (Wildman–Crippen LogP) is 2.60. The largest absolute Gasteiger partial charge is 0.312 e. The van der Waals surface area contributed by atoms with Crippen LogP contribution in [0.1, 0.15) is 29.8 Å². The molecule has 0 radical (unpaired) electrons. The normalized spacial score (nSPS) is 13.7. The average Bonchev–Trinajstić information content (AvgIpc) is 2.88. The quantitative estimate of drug-likeness (QED) is 0.833. The Labute approximate surface area is 146 Å². The van der Waals surface area contributed by atoms with Gasteiger partial charge < -0.3 is 4.90 Å². The lowest BCUT2D eigenvalue weighted by molar-refractivity contribution is -0.117. The second-order valence-corrected chi connectivity index (χ2v) is 7.53. The lowest BCUT2D eigenvalue weighted by atomic mass is 10.1. The molecule has 0 unspecified atom stereocenters. The highest BCUT2D eigenvalue weighted by Crippen LogP contribution is 2.31. The topological polar surface area (TPSA) is 83.6 Å². The molecule has 2 aromatic rings. The fourth-order valence-corrected chi connectivity index (χ4v) is 3.93. The molecule has 0 atom stereocenters. The number of hydrogen-bond acceptors (Lipinski definition) is 4. The third-order valence-electron chi connectivity index (χ3n) is 4.15. The highest BCUT2D eigenvalue weighted by Gasteiger charge is 2.26. The molecular weight excluding hydrogens is 340 g/mol. The van der Waals surface area contributed by atoms with Crippen LogP contribution in [0.5, 0.6) is 0 Å². The maximum absolute atomic E-state index is 12.5. The van der Waals surface area contributed by atoms with E-state index in [1.54, 1.807) is 23.1 Å². The molecule has 0 spiro atoms. The Balaban J connectivity index is 1.86. The number of anilines is 2. The lowest BCUT2D eigenvalue weighted by Crippen LogP contribution is -2.25. The van der Waals surface area contributed by atoms with Gasteiger partial charge in [-0.25, -0.2) is 8.42 Å². The summed E-state index contributed by atoms with van der Waals surface area (Å²) in [5, 5.41) is 0. The molecule has 1 aliphatic rings. The number of fused-ring (bicyclic) bond motifs is 1. The number of benzene rings is 2. The van der Waals surface area contributed by atoms with Gasteiger partial charge in [0.15, 0.2) is 5.78 Å². The number of Topliss-reactive ketones (excluding diaryl/α,β-unsaturated/α-hetero) is 1. The molecular formula is C18H18N2O4S. The number of hydrogen-bond donors (Lipinski definition) is 1. The Bertz CT molecular complexity index is 950. The number of carbonyl (C=O) groups excluding carboxylic acids is 2. The molecule has 0 bridgehead atoms. The van der Waals surface area contributed by atoms with Gasteiger partial charge in [0.05, 0.1) is 11.3 Å². The summed E-state index contributed by atoms with van der Waals surface area (Å²) < 4.78 is 27.5. The second-order valence-electron chi connectivity index (χ2n) is 5.84. The molecule has 25 heavy (non-hydrogen) atoms. The molecule has 7 heteroatoms. The Morgan fingerprint density at radius 1 is 1.16 bits per heavy atom. The van der Waals surface area contributed by atoms with Crippen molar-refractivity contribution in [2.45, 2.75) is 25.2 Å². The van der Waals surface area contributed by atoms with E-state index in [0.29, 0.717) is 17.8 Å². The van der Waals surface area contributed by atoms with E-state index in [4.69, 9.17) is 0 Å². The zero-order chi connectivity index (χ0) is 18.2. The maximum atomic E-state index is 12.5. The third kappa shape index (κ3) is 3.28. The fourth-order valence-electron chi connectivity index (χ4n) is 2.88. The van der Waals surface area contributed by atoms with Crippen molar-refractivity contribution in [2.75, 3.05) is 16.2 Å². The van der Waals surface area contributed by atoms with E-state index < -0.39 is 10.0 Å². The van der Waals surface area contributed by atoms with Crippen LogP contribution >= 0.6 is 0 Å². The SMILES string of the molecule is CCN1C(=O)Cc2cc(NS(=O)(=O)c3ccc(C(C)=O)cc3)ccc21. The van der Waals surface area contributed by atoms with Gasteiger partial charge in [-0.2, -0.15) is 0 Å². The molecule has 0 aliphatic carbocycles. The van der Waals surface area contributed by atoms with Gasteiger partial charge in [-0.15, -0.1) is 0 Å². The third-order valence-corrected chi connectivity index (χ3v) is 5.55. The van der Waals surface area contributed by atoms with Crippen LogP contribution in [-0.4, -0.2) is 26.7 Å². The highest BCUT2D eigenvalue weighted by atomic mass is 32.2. The van der Waals surface area contributed by atoms with E-state index in [-0.39, 0.29) is 23.0 Å². The first-order valence-corrected chi connectivity index (χ1v) is 9.37. The van der Waals surface area contributed by atoms with Crippen molar-refractivity contribution in [1.82, 2.24) is 0 Å². The number of nitrogens with zero attached hydrogens (tertiary/aromatic N) is 1. The lowest BCUT2D eigenvalue weighted by Gasteiger charge is -2.15. The number of carbonyl (C=O) groups is 2. The van der Waals surface area contributed by atoms with E-state index in [0.717, 1.165) is 11.3 Å². The molecule has 1 N–H and O–H groups in total. The van der Waals surface area contributed by atoms with Crippen LogP contribution in [0.4, 0.5) is 11.4 Å². The zero-order valence-corrected chi connectivity index (χ0v) is 14.8. The van der Waals surface area contributed by atoms with Gasteiger partial charge in [-0.1, -0.05) is 12.1 Å². The van der Waals surface area contributed by atoms with Crippen molar-refractivity contribution in [3.8, 4) is 0 Å². The summed E-state index contributed by atoms with van der Waals surface area (Å²) in [6.45, 7) is 3.90. The number of sulfonamides is 1. The summed E-state index contributed by atoms with van der Waals surface area (Å²) in [7, 11) is -3.77. The minimum Gasteiger partial charge on any atom is -0.312 e. The molecule has 3 rings (SSSR count). The standard InChI is InChI=1S/C18H18N2O4S/c1-3-20-17-9-6-15(10-14(17)11-18(20)22)19-25(23,24)16-7-4-13(5-8-16)12(2)21/h4-10,19H,3,11H2,1-2H3. The van der Waals surface area contributed by atoms with Gasteiger partial charge in [-0.3, -0.25) is 14.3 Å². The second kappa shape index (κ2) is 6.33. The molecule has 0 saturated heterocycles. The number of ketones is 1. The molecule has 130 valence electrons. The summed E-state index contributed by atoms with van der Waals surface area (Å²) in [5.74, 6) is -0.113. The average molecular weight is 358 g/mol. The van der Waals surface area contributed by atoms with Crippen molar-refractivity contribution in [2.24, 2.45) is 0 Å². The van der Waals surface area contributed by atoms with Gasteiger partial charge in [-0.05, 0) is 49.7 Å². The van der Waals surface area contributed by atoms with E-state index in [1.165, 1.54) is 31.2 Å². The van der Waals surface area contributed by atoms with Crippen LogP contribution in [0.25, 0.3) is 0 Å². The van der Waals surface area contributed by atoms with Gasteiger partial charge in [0.1, 0.15) is 0 Å². The molecule has 6 nitrogen and oxygen atoms in total. The highest BCUT2D eigenvalue weighted by molar-refractivity contribution is 7.92. The van der Waals surface area contributed by atoms with Crippen LogP contribution in [-0.2, 0) is 21.2 Å². The maximum Gasteiger partial charge on any atom is 0.261 e. The summed E-state index contributed by atoms with van der Waals surface area (Å²) in [6.07, 6.45) is 0.270. The number of likely N-dealkylation sites (N-methyl/N-ethyl adjacent to an activating group) is 1. The fraction of sp³-hybridized carbons (Fsp3) is 0.222. The minimum atomic E-state index is -3.77. The van der Waals surface area contributed by atoms with Crippen molar-refractivity contribution < 1.29 is 18.0 Å². The summed E-state index contributed by atoms with van der Waals surface area (Å²) in [6, 6.07) is 10.8. The first-order valence-electron chi connectivity index (χ1n) is 7.89. The zero-order valence-electron chi connectivity index (χ0n) is 13.9. The number of amides is 1. The van der Waals surface area contributed by atoms with Crippen LogP contribution in [0.3, 0.4) is 0 Å². The first kappa shape index (κ1) is 17.2. The van der Waals surface area contributed by atoms with E-state index >= 15 is 0 Å². The summed E-state index contributed by atoms with van der Waals surface area (Å²) in [5.41, 5.74) is 2.48. The van der Waals surface area contributed by atoms with E-state index in [2.05, 4.69) is 4.72 Å². The number of nitrogens with one attached hydrogen (secondary N) is 1. The van der Waals surface area contributed by atoms with Crippen LogP contribution < -0.4 is 9.62 Å². The van der Waals surface area contributed by atoms with E-state index in [9.17, 15) is 18.0 Å². The number of rotatable bonds is 5. The van der Waals surface area contributed by atoms with Gasteiger partial charge in [0.2, 0.25) is 5.91 Å². The Morgan fingerprint density at radius 2 is 1.84 bits per heavy atom. The first-order chi connectivity index (χ1) is 11.8. The monoisotopic (exact) mass is 358 g/mol. The Morgan fingerprint density at radius 3 is 2.44 bits per heavy atom. The van der Waals surface area contributed by atoms with Crippen molar-refractivity contribution in [3.05, 3.63) is 53.6 Å². The van der Waals surface area contributed by atoms with E-state index in [1.807, 2.05) is 6.92 Å². The summed E-state index contributed by atoms with van der Waals surface area (Å²) in [4.78, 5) is 25.0. The van der Waals surface area contributed by atoms with Crippen LogP contribution in [0.15, 0.2) is 47.4 Å². The van der Waals surface area contributed by atoms with Crippen molar-refractivity contribution >= 4 is 33.1 Å². The Kier molecular flexibility index (Phi) is 4.34. The smallest absolute Gasteiger partial charge is 0.261 e. The molecule has 1 heterocycles. The molecule has 2 aromatic carbocycles. The van der Waals surface area contributed by atoms with Gasteiger partial charge in [0, 0.05) is 23.5 Å². The van der Waals surface area contributed by atoms with Crippen LogP contribution in [0, 0.1) is 0 Å². The molecule has 1 amide bonds. The van der Waals surface area contributed by atoms with Crippen LogP contribution in [0.2, 0.25) is 0 Å². The summed E-state index contributed by atoms with van der Waals surface area (Å²) >= 11 is 0. The van der Waals surface area contributed by atoms with Gasteiger partial charge in [0.25, 0.3) is 10.0 Å². The Hall–Kier alpha value is -2.67. The molecule has 0 aromatic heterocycles. The van der Waals surface area contributed by atoms with Crippen molar-refractivity contribution in [1.29, 1.82) is 0 Å². The molecule has 0 saturated carbocycles.